The zero-order valence-corrected chi connectivity index (χ0v) is 11.0. The quantitative estimate of drug-likeness (QED) is 0.553. The average molecular weight is 286 g/mol. The lowest BCUT2D eigenvalue weighted by atomic mass is 10.5. The van der Waals surface area contributed by atoms with E-state index in [1.54, 1.807) is 0 Å². The molecule has 0 atom stereocenters. The minimum absolute atomic E-state index is 0.341. The fourth-order valence-corrected chi connectivity index (χ4v) is 2.49. The molecule has 0 aromatic rings. The number of nitrogens with zero attached hydrogens (tertiary/aromatic N) is 2. The normalized spacial score (nSPS) is 18.7. The van der Waals surface area contributed by atoms with Crippen molar-refractivity contribution in [3.63, 3.8) is 0 Å². The number of hydrogen-bond donors (Lipinski definition) is 0. The van der Waals surface area contributed by atoms with Crippen molar-refractivity contribution in [2.75, 3.05) is 24.6 Å². The van der Waals surface area contributed by atoms with Crippen LogP contribution in [0.4, 0.5) is 0 Å². The highest BCUT2D eigenvalue weighted by Gasteiger charge is 2.13. The smallest absolute Gasteiger partial charge is 0.338 e. The summed E-state index contributed by atoms with van der Waals surface area (Å²) >= 11 is 2.73. The lowest BCUT2D eigenvalue weighted by molar-refractivity contribution is -0.132. The molecule has 2 rings (SSSR count). The number of aliphatic imine (C=N–C) groups is 2. The van der Waals surface area contributed by atoms with Gasteiger partial charge in [-0.15, -0.1) is 0 Å². The Morgan fingerprint density at radius 2 is 1.39 bits per heavy atom. The molecule has 96 valence electrons. The van der Waals surface area contributed by atoms with Gasteiger partial charge in [0.05, 0.1) is 13.1 Å². The first-order valence-electron chi connectivity index (χ1n) is 5.20. The van der Waals surface area contributed by atoms with E-state index in [9.17, 15) is 9.59 Å². The number of esters is 2. The number of carbonyl (C=O) groups is 2. The van der Waals surface area contributed by atoms with Gasteiger partial charge in [-0.05, 0) is 0 Å². The van der Waals surface area contributed by atoms with E-state index < -0.39 is 11.9 Å². The van der Waals surface area contributed by atoms with Crippen LogP contribution in [0, 0.1) is 0 Å². The van der Waals surface area contributed by atoms with Crippen molar-refractivity contribution >= 4 is 45.9 Å². The maximum Gasteiger partial charge on any atom is 0.338 e. The monoisotopic (exact) mass is 286 g/mol. The Morgan fingerprint density at radius 3 is 1.72 bits per heavy atom. The third-order valence-corrected chi connectivity index (χ3v) is 3.54. The number of carbonyl (C=O) groups excluding carboxylic acids is 2. The van der Waals surface area contributed by atoms with Crippen molar-refractivity contribution in [3.05, 3.63) is 12.2 Å². The van der Waals surface area contributed by atoms with Crippen LogP contribution >= 0.6 is 23.5 Å². The van der Waals surface area contributed by atoms with Crippen LogP contribution in [-0.4, -0.2) is 47.0 Å². The van der Waals surface area contributed by atoms with Gasteiger partial charge in [-0.3, -0.25) is 0 Å². The van der Waals surface area contributed by atoms with Gasteiger partial charge in [0.1, 0.15) is 0 Å². The second kappa shape index (κ2) is 6.60. The molecule has 18 heavy (non-hydrogen) atoms. The van der Waals surface area contributed by atoms with Gasteiger partial charge in [-0.2, -0.15) is 0 Å². The number of rotatable bonds is 2. The van der Waals surface area contributed by atoms with Crippen molar-refractivity contribution in [2.45, 2.75) is 0 Å². The molecule has 0 saturated carbocycles. The molecule has 0 bridgehead atoms. The van der Waals surface area contributed by atoms with Crippen molar-refractivity contribution in [3.8, 4) is 0 Å². The van der Waals surface area contributed by atoms with Crippen molar-refractivity contribution in [2.24, 2.45) is 9.98 Å². The van der Waals surface area contributed by atoms with E-state index in [4.69, 9.17) is 9.47 Å². The van der Waals surface area contributed by atoms with Gasteiger partial charge >= 0.3 is 11.9 Å². The van der Waals surface area contributed by atoms with E-state index in [0.717, 1.165) is 23.7 Å². The van der Waals surface area contributed by atoms with E-state index in [1.807, 2.05) is 0 Å². The minimum atomic E-state index is -0.638. The van der Waals surface area contributed by atoms with E-state index in [0.29, 0.717) is 23.5 Å². The van der Waals surface area contributed by atoms with E-state index >= 15 is 0 Å². The number of thioether (sulfide) groups is 2. The predicted octanol–water partition coefficient (Wildman–Crippen LogP) is 0.835. The molecule has 2 aliphatic heterocycles. The van der Waals surface area contributed by atoms with Gasteiger partial charge in [0.15, 0.2) is 0 Å². The number of hydrogen-bond acceptors (Lipinski definition) is 8. The third kappa shape index (κ3) is 4.19. The third-order valence-electron chi connectivity index (χ3n) is 1.85. The van der Waals surface area contributed by atoms with Gasteiger partial charge < -0.3 is 9.47 Å². The van der Waals surface area contributed by atoms with Gasteiger partial charge in [0, 0.05) is 23.7 Å². The Morgan fingerprint density at radius 1 is 0.944 bits per heavy atom. The van der Waals surface area contributed by atoms with Crippen LogP contribution in [0.2, 0.25) is 0 Å². The Kier molecular flexibility index (Phi) is 4.82. The molecule has 0 spiro atoms. The molecule has 0 saturated heterocycles. The van der Waals surface area contributed by atoms with Gasteiger partial charge in [0.25, 0.3) is 10.5 Å². The first-order valence-corrected chi connectivity index (χ1v) is 7.17. The molecule has 8 heteroatoms. The Labute approximate surface area is 112 Å². The molecular formula is C10H10N2O4S2. The highest BCUT2D eigenvalue weighted by Crippen LogP contribution is 2.13. The fraction of sp³-hybridized carbons (Fsp3) is 0.400. The van der Waals surface area contributed by atoms with Crippen molar-refractivity contribution in [1.82, 2.24) is 0 Å². The standard InChI is InChI=1S/C10H10N2O4S2/c13-7(15-9-11-3-5-17-9)1-2-8(14)16-10-12-4-6-18-10/h1-2H,3-6H2/b2-1+. The summed E-state index contributed by atoms with van der Waals surface area (Å²) in [6.45, 7) is 1.30. The summed E-state index contributed by atoms with van der Waals surface area (Å²) in [5.74, 6) is 0.346. The van der Waals surface area contributed by atoms with Crippen molar-refractivity contribution < 1.29 is 19.1 Å². The second-order valence-electron chi connectivity index (χ2n) is 3.17. The Balaban J connectivity index is 1.75. The fourth-order valence-electron chi connectivity index (χ4n) is 1.13. The van der Waals surface area contributed by atoms with Crippen LogP contribution in [0.1, 0.15) is 0 Å². The predicted molar refractivity (Wildman–Crippen MR) is 70.8 cm³/mol. The molecule has 0 unspecified atom stereocenters. The molecule has 2 heterocycles. The first-order chi connectivity index (χ1) is 8.74. The number of ether oxygens (including phenoxy) is 2. The highest BCUT2D eigenvalue weighted by molar-refractivity contribution is 8.14. The molecule has 0 aromatic carbocycles. The molecule has 0 aromatic heterocycles. The van der Waals surface area contributed by atoms with E-state index in [-0.39, 0.29) is 0 Å². The average Bonchev–Trinajstić information content (AvgIpc) is 2.99. The van der Waals surface area contributed by atoms with Crippen LogP contribution < -0.4 is 0 Å². The summed E-state index contributed by atoms with van der Waals surface area (Å²) in [6.07, 6.45) is 2.04. The molecule has 0 aliphatic carbocycles. The van der Waals surface area contributed by atoms with Gasteiger partial charge in [0.2, 0.25) is 0 Å². The molecule has 2 aliphatic rings. The lowest BCUT2D eigenvalue weighted by Crippen LogP contribution is -2.08. The molecule has 0 radical (unpaired) electrons. The summed E-state index contributed by atoms with van der Waals surface area (Å²) < 4.78 is 9.75. The van der Waals surface area contributed by atoms with E-state index in [1.165, 1.54) is 23.5 Å². The Bertz CT molecular complexity index is 405. The van der Waals surface area contributed by atoms with Gasteiger partial charge in [-0.25, -0.2) is 19.6 Å². The second-order valence-corrected chi connectivity index (χ2v) is 5.26. The molecular weight excluding hydrogens is 276 g/mol. The first kappa shape index (κ1) is 13.2. The van der Waals surface area contributed by atoms with Crippen LogP contribution in [0.25, 0.3) is 0 Å². The summed E-state index contributed by atoms with van der Waals surface area (Å²) in [6, 6.07) is 0. The SMILES string of the molecule is O=C(/C=C/C(=O)OC1=NCCS1)OC1=NCCS1. The molecule has 0 N–H and O–H groups in total. The van der Waals surface area contributed by atoms with Crippen LogP contribution in [0.3, 0.4) is 0 Å². The summed E-state index contributed by atoms with van der Waals surface area (Å²) in [5.41, 5.74) is 0. The Hall–Kier alpha value is -1.28. The summed E-state index contributed by atoms with van der Waals surface area (Å²) in [4.78, 5) is 30.5. The summed E-state index contributed by atoms with van der Waals surface area (Å²) in [5, 5.41) is 0.683. The zero-order valence-electron chi connectivity index (χ0n) is 9.33. The molecule has 6 nitrogen and oxygen atoms in total. The van der Waals surface area contributed by atoms with E-state index in [2.05, 4.69) is 9.98 Å². The maximum absolute atomic E-state index is 11.3. The van der Waals surface area contributed by atoms with Gasteiger partial charge in [-0.1, -0.05) is 23.5 Å². The maximum atomic E-state index is 11.3. The van der Waals surface area contributed by atoms with Crippen LogP contribution in [-0.2, 0) is 19.1 Å². The minimum Gasteiger partial charge on any atom is -0.398 e. The van der Waals surface area contributed by atoms with Crippen LogP contribution in [0.15, 0.2) is 22.1 Å². The van der Waals surface area contributed by atoms with Crippen molar-refractivity contribution in [1.29, 1.82) is 0 Å². The zero-order chi connectivity index (χ0) is 12.8. The van der Waals surface area contributed by atoms with Crippen LogP contribution in [0.5, 0.6) is 0 Å². The molecule has 0 fully saturated rings. The highest BCUT2D eigenvalue weighted by atomic mass is 32.2. The topological polar surface area (TPSA) is 77.3 Å². The summed E-state index contributed by atoms with van der Waals surface area (Å²) in [7, 11) is 0. The largest absolute Gasteiger partial charge is 0.398 e. The molecule has 0 amide bonds. The lowest BCUT2D eigenvalue weighted by Gasteiger charge is -1.99.